The topological polar surface area (TPSA) is 55.1 Å². The summed E-state index contributed by atoms with van der Waals surface area (Å²) in [6, 6.07) is 3.62. The first-order chi connectivity index (χ1) is 9.95. The van der Waals surface area contributed by atoms with Crippen molar-refractivity contribution in [1.82, 2.24) is 9.55 Å². The molecule has 0 fully saturated rings. The van der Waals surface area contributed by atoms with E-state index in [1.165, 1.54) is 0 Å². The molecule has 0 aliphatic carbocycles. The first kappa shape index (κ1) is 16.7. The van der Waals surface area contributed by atoms with Crippen molar-refractivity contribution in [2.24, 2.45) is 0 Å². The lowest BCUT2D eigenvalue weighted by molar-refractivity contribution is -0.133. The minimum absolute atomic E-state index is 0.0674. The van der Waals surface area contributed by atoms with Gasteiger partial charge in [-0.1, -0.05) is 41.9 Å². The molecule has 0 radical (unpaired) electrons. The third-order valence-corrected chi connectivity index (χ3v) is 5.44. The molecule has 1 heterocycles. The van der Waals surface area contributed by atoms with Crippen molar-refractivity contribution in [3.05, 3.63) is 38.5 Å². The van der Waals surface area contributed by atoms with E-state index in [0.29, 0.717) is 25.4 Å². The van der Waals surface area contributed by atoms with Crippen molar-refractivity contribution in [1.29, 1.82) is 0 Å². The lowest BCUT2D eigenvalue weighted by Gasteiger charge is -2.13. The van der Waals surface area contributed by atoms with Crippen LogP contribution in [0.25, 0.3) is 5.69 Å². The van der Waals surface area contributed by atoms with E-state index in [1.807, 2.05) is 17.6 Å². The van der Waals surface area contributed by atoms with Gasteiger partial charge in [0.25, 0.3) is 0 Å². The Morgan fingerprint density at radius 1 is 1.43 bits per heavy atom. The van der Waals surface area contributed by atoms with Gasteiger partial charge >= 0.3 is 5.97 Å². The largest absolute Gasteiger partial charge is 0.481 e. The number of imidazole rings is 1. The molecule has 2 aromatic rings. The molecule has 0 bridgehead atoms. The number of hydrogen-bond donors (Lipinski definition) is 1. The molecule has 2 rings (SSSR count). The van der Waals surface area contributed by atoms with Crippen molar-refractivity contribution in [2.75, 3.05) is 5.75 Å². The second kappa shape index (κ2) is 7.05. The van der Waals surface area contributed by atoms with Gasteiger partial charge in [-0.15, -0.1) is 0 Å². The standard InChI is InChI=1S/C13H11BrCl2N2O2S/c1-2-7-5-17-13(21-6-10(19)20)18(7)9-4-3-8(14)11(15)12(9)16/h3-5H,2,6H2,1H3,(H,19,20). The Balaban J connectivity index is 2.54. The fourth-order valence-electron chi connectivity index (χ4n) is 1.79. The summed E-state index contributed by atoms with van der Waals surface area (Å²) in [5.74, 6) is -0.963. The summed E-state index contributed by atoms with van der Waals surface area (Å²) in [7, 11) is 0. The fraction of sp³-hybridized carbons (Fsp3) is 0.231. The number of aliphatic carboxylic acids is 1. The highest BCUT2D eigenvalue weighted by Gasteiger charge is 2.17. The van der Waals surface area contributed by atoms with Gasteiger partial charge in [0.15, 0.2) is 5.16 Å². The minimum atomic E-state index is -0.896. The summed E-state index contributed by atoms with van der Waals surface area (Å²) in [6.07, 6.45) is 2.46. The molecule has 0 saturated carbocycles. The normalized spacial score (nSPS) is 10.9. The van der Waals surface area contributed by atoms with Crippen LogP contribution in [0.1, 0.15) is 12.6 Å². The first-order valence-corrected chi connectivity index (χ1v) is 8.54. The Morgan fingerprint density at radius 2 is 2.14 bits per heavy atom. The molecular formula is C13H11BrCl2N2O2S. The van der Waals surface area contributed by atoms with Crippen LogP contribution in [0, 0.1) is 0 Å². The fourth-order valence-corrected chi connectivity index (χ4v) is 3.37. The molecule has 0 amide bonds. The molecule has 0 aliphatic heterocycles. The minimum Gasteiger partial charge on any atom is -0.481 e. The van der Waals surface area contributed by atoms with Crippen LogP contribution in [0.4, 0.5) is 0 Å². The van der Waals surface area contributed by atoms with Crippen molar-refractivity contribution in [3.8, 4) is 5.69 Å². The molecule has 0 saturated heterocycles. The Hall–Kier alpha value is -0.690. The number of aromatic nitrogens is 2. The van der Waals surface area contributed by atoms with Crippen LogP contribution in [0.3, 0.4) is 0 Å². The lowest BCUT2D eigenvalue weighted by atomic mass is 10.3. The number of thioether (sulfide) groups is 1. The van der Waals surface area contributed by atoms with Gasteiger partial charge in [-0.05, 0) is 34.5 Å². The summed E-state index contributed by atoms with van der Waals surface area (Å²) >= 11 is 16.9. The molecular weight excluding hydrogens is 399 g/mol. The van der Waals surface area contributed by atoms with Crippen molar-refractivity contribution < 1.29 is 9.90 Å². The Labute approximate surface area is 144 Å². The molecule has 112 valence electrons. The third kappa shape index (κ3) is 3.56. The van der Waals surface area contributed by atoms with Gasteiger partial charge in [-0.3, -0.25) is 9.36 Å². The van der Waals surface area contributed by atoms with Crippen LogP contribution >= 0.6 is 50.9 Å². The highest BCUT2D eigenvalue weighted by atomic mass is 79.9. The SMILES string of the molecule is CCc1cnc(SCC(=O)O)n1-c1ccc(Br)c(Cl)c1Cl. The number of nitrogens with zero attached hydrogens (tertiary/aromatic N) is 2. The number of carboxylic acid groups (broad SMARTS) is 1. The second-order valence-corrected chi connectivity index (χ2v) is 6.65. The van der Waals surface area contributed by atoms with Crippen LogP contribution < -0.4 is 0 Å². The number of carboxylic acids is 1. The zero-order valence-corrected chi connectivity index (χ0v) is 14.9. The maximum Gasteiger partial charge on any atom is 0.313 e. The van der Waals surface area contributed by atoms with E-state index >= 15 is 0 Å². The van der Waals surface area contributed by atoms with Crippen LogP contribution in [0.2, 0.25) is 10.0 Å². The summed E-state index contributed by atoms with van der Waals surface area (Å²) in [5, 5.41) is 10.2. The van der Waals surface area contributed by atoms with Gasteiger partial charge < -0.3 is 5.11 Å². The van der Waals surface area contributed by atoms with Gasteiger partial charge in [0, 0.05) is 16.4 Å². The average Bonchev–Trinajstić information content (AvgIpc) is 2.85. The van der Waals surface area contributed by atoms with Crippen molar-refractivity contribution in [2.45, 2.75) is 18.5 Å². The Kier molecular flexibility index (Phi) is 5.60. The third-order valence-electron chi connectivity index (χ3n) is 2.75. The number of aryl methyl sites for hydroxylation is 1. The zero-order chi connectivity index (χ0) is 15.6. The molecule has 0 aliphatic rings. The van der Waals surface area contributed by atoms with Crippen molar-refractivity contribution in [3.63, 3.8) is 0 Å². The summed E-state index contributed by atoms with van der Waals surface area (Å²) < 4.78 is 2.55. The maximum absolute atomic E-state index is 10.8. The van der Waals surface area contributed by atoms with E-state index in [-0.39, 0.29) is 5.75 Å². The summed E-state index contributed by atoms with van der Waals surface area (Å²) in [4.78, 5) is 15.0. The molecule has 1 aromatic carbocycles. The molecule has 0 atom stereocenters. The van der Waals surface area contributed by atoms with E-state index in [2.05, 4.69) is 20.9 Å². The van der Waals surface area contributed by atoms with E-state index in [4.69, 9.17) is 28.3 Å². The average molecular weight is 410 g/mol. The summed E-state index contributed by atoms with van der Waals surface area (Å²) in [6.45, 7) is 1.99. The van der Waals surface area contributed by atoms with Crippen molar-refractivity contribution >= 4 is 56.9 Å². The number of benzene rings is 1. The van der Waals surface area contributed by atoms with Gasteiger partial charge in [0.05, 0.1) is 21.5 Å². The van der Waals surface area contributed by atoms with E-state index in [0.717, 1.165) is 23.9 Å². The highest BCUT2D eigenvalue weighted by Crippen LogP contribution is 2.37. The Morgan fingerprint density at radius 3 is 2.76 bits per heavy atom. The van der Waals surface area contributed by atoms with Crippen LogP contribution in [-0.4, -0.2) is 26.4 Å². The number of hydrogen-bond acceptors (Lipinski definition) is 3. The number of rotatable bonds is 5. The van der Waals surface area contributed by atoms with Gasteiger partial charge in [0.1, 0.15) is 0 Å². The molecule has 8 heteroatoms. The van der Waals surface area contributed by atoms with E-state index in [9.17, 15) is 4.79 Å². The molecule has 1 aromatic heterocycles. The molecule has 0 unspecified atom stereocenters. The molecule has 4 nitrogen and oxygen atoms in total. The molecule has 21 heavy (non-hydrogen) atoms. The van der Waals surface area contributed by atoms with Gasteiger partial charge in [-0.25, -0.2) is 4.98 Å². The quantitative estimate of drug-likeness (QED) is 0.575. The zero-order valence-electron chi connectivity index (χ0n) is 10.9. The summed E-state index contributed by atoms with van der Waals surface area (Å²) in [5.41, 5.74) is 1.62. The predicted molar refractivity (Wildman–Crippen MR) is 89.0 cm³/mol. The first-order valence-electron chi connectivity index (χ1n) is 6.00. The van der Waals surface area contributed by atoms with Gasteiger partial charge in [0.2, 0.25) is 0 Å². The molecule has 1 N–H and O–H groups in total. The predicted octanol–water partition coefficient (Wildman–Crippen LogP) is 4.68. The van der Waals surface area contributed by atoms with E-state index < -0.39 is 5.97 Å². The lowest BCUT2D eigenvalue weighted by Crippen LogP contribution is -2.05. The van der Waals surface area contributed by atoms with E-state index in [1.54, 1.807) is 12.3 Å². The monoisotopic (exact) mass is 408 g/mol. The highest BCUT2D eigenvalue weighted by molar-refractivity contribution is 9.10. The van der Waals surface area contributed by atoms with Gasteiger partial charge in [-0.2, -0.15) is 0 Å². The maximum atomic E-state index is 10.8. The van der Waals surface area contributed by atoms with Crippen LogP contribution in [0.15, 0.2) is 28.0 Å². The Bertz CT molecular complexity index is 691. The number of halogens is 3. The smallest absolute Gasteiger partial charge is 0.313 e. The molecule has 0 spiro atoms. The second-order valence-electron chi connectivity index (χ2n) is 4.10. The van der Waals surface area contributed by atoms with Crippen LogP contribution in [-0.2, 0) is 11.2 Å². The van der Waals surface area contributed by atoms with Crippen LogP contribution in [0.5, 0.6) is 0 Å². The number of carbonyl (C=O) groups is 1.